The molecule has 1 aromatic heterocycles. The highest BCUT2D eigenvalue weighted by Gasteiger charge is 1.96. The molecule has 1 aromatic carbocycles. The molecule has 0 atom stereocenters. The van der Waals surface area contributed by atoms with E-state index in [1.165, 1.54) is 12.4 Å². The number of para-hydroxylation sites is 1. The smallest absolute Gasteiger partial charge is 0.220 e. The van der Waals surface area contributed by atoms with E-state index < -0.39 is 0 Å². The Hall–Kier alpha value is -2.10. The van der Waals surface area contributed by atoms with Gasteiger partial charge in [-0.2, -0.15) is 0 Å². The Morgan fingerprint density at radius 2 is 1.57 bits per heavy atom. The van der Waals surface area contributed by atoms with Crippen LogP contribution in [0.15, 0.2) is 42.7 Å². The van der Waals surface area contributed by atoms with Crippen LogP contribution in [0, 0.1) is 0 Å². The van der Waals surface area contributed by atoms with E-state index in [1.54, 1.807) is 0 Å². The summed E-state index contributed by atoms with van der Waals surface area (Å²) in [7, 11) is 0. The fraction of sp³-hybridized carbons (Fsp3) is 0. The maximum absolute atomic E-state index is 5.45. The molecule has 2 N–H and O–H groups in total. The number of nitrogens with two attached hydrogens (primary N) is 1. The Morgan fingerprint density at radius 1 is 0.929 bits per heavy atom. The molecule has 0 amide bonds. The molecule has 2 rings (SSSR count). The summed E-state index contributed by atoms with van der Waals surface area (Å²) in [6, 6.07) is 9.43. The summed E-state index contributed by atoms with van der Waals surface area (Å²) in [6.07, 6.45) is 3.07. The molecule has 0 aliphatic carbocycles. The first-order chi connectivity index (χ1) is 6.84. The van der Waals surface area contributed by atoms with Crippen LogP contribution in [0.25, 0.3) is 0 Å². The van der Waals surface area contributed by atoms with Crippen LogP contribution in [0.3, 0.4) is 0 Å². The van der Waals surface area contributed by atoms with Crippen LogP contribution in [0.4, 0.5) is 5.95 Å². The van der Waals surface area contributed by atoms with Crippen molar-refractivity contribution in [2.45, 2.75) is 0 Å². The van der Waals surface area contributed by atoms with Gasteiger partial charge in [-0.15, -0.1) is 0 Å². The Kier molecular flexibility index (Phi) is 2.27. The summed E-state index contributed by atoms with van der Waals surface area (Å²) < 4.78 is 5.45. The molecule has 0 saturated carbocycles. The van der Waals surface area contributed by atoms with Crippen LogP contribution in [0.5, 0.6) is 11.5 Å². The lowest BCUT2D eigenvalue weighted by Crippen LogP contribution is -1.94. The quantitative estimate of drug-likeness (QED) is 0.779. The lowest BCUT2D eigenvalue weighted by atomic mass is 10.3. The minimum atomic E-state index is 0.241. The number of hydrogen-bond donors (Lipinski definition) is 1. The number of nitrogens with zero attached hydrogens (tertiary/aromatic N) is 2. The Labute approximate surface area is 81.4 Å². The first kappa shape index (κ1) is 8.50. The van der Waals surface area contributed by atoms with Crippen molar-refractivity contribution in [3.8, 4) is 11.5 Å². The fourth-order valence-corrected chi connectivity index (χ4v) is 1.00. The molecule has 70 valence electrons. The van der Waals surface area contributed by atoms with Gasteiger partial charge in [-0.3, -0.25) is 0 Å². The van der Waals surface area contributed by atoms with Crippen molar-refractivity contribution in [2.24, 2.45) is 0 Å². The molecule has 0 aliphatic rings. The summed E-state index contributed by atoms with van der Waals surface area (Å²) in [6.45, 7) is 0. The third-order valence-electron chi connectivity index (χ3n) is 1.63. The van der Waals surface area contributed by atoms with Crippen molar-refractivity contribution < 1.29 is 4.74 Å². The van der Waals surface area contributed by atoms with Crippen molar-refractivity contribution in [3.63, 3.8) is 0 Å². The summed E-state index contributed by atoms with van der Waals surface area (Å²) in [5.74, 6) is 1.57. The van der Waals surface area contributed by atoms with Gasteiger partial charge in [0.2, 0.25) is 5.95 Å². The fourth-order valence-electron chi connectivity index (χ4n) is 1.00. The molecule has 1 heterocycles. The number of aromatic nitrogens is 2. The van der Waals surface area contributed by atoms with Crippen molar-refractivity contribution in [1.29, 1.82) is 0 Å². The monoisotopic (exact) mass is 187 g/mol. The van der Waals surface area contributed by atoms with Gasteiger partial charge in [-0.1, -0.05) is 18.2 Å². The first-order valence-electron chi connectivity index (χ1n) is 4.15. The molecule has 0 spiro atoms. The molecule has 0 unspecified atom stereocenters. The van der Waals surface area contributed by atoms with Gasteiger partial charge in [0, 0.05) is 0 Å². The van der Waals surface area contributed by atoms with E-state index in [2.05, 4.69) is 9.97 Å². The second-order valence-electron chi connectivity index (χ2n) is 2.69. The summed E-state index contributed by atoms with van der Waals surface area (Å²) in [5.41, 5.74) is 5.34. The van der Waals surface area contributed by atoms with E-state index >= 15 is 0 Å². The molecule has 4 heteroatoms. The molecule has 2 aromatic rings. The van der Waals surface area contributed by atoms with Crippen LogP contribution in [0.1, 0.15) is 0 Å². The second kappa shape index (κ2) is 3.74. The molecule has 14 heavy (non-hydrogen) atoms. The third-order valence-corrected chi connectivity index (χ3v) is 1.63. The van der Waals surface area contributed by atoms with Crippen LogP contribution >= 0.6 is 0 Å². The van der Waals surface area contributed by atoms with E-state index in [1.807, 2.05) is 30.3 Å². The van der Waals surface area contributed by atoms with Gasteiger partial charge in [-0.25, -0.2) is 9.97 Å². The average molecular weight is 187 g/mol. The number of rotatable bonds is 2. The van der Waals surface area contributed by atoms with Crippen molar-refractivity contribution in [1.82, 2.24) is 9.97 Å². The van der Waals surface area contributed by atoms with Gasteiger partial charge in [-0.05, 0) is 12.1 Å². The maximum Gasteiger partial charge on any atom is 0.220 e. The Morgan fingerprint density at radius 3 is 2.21 bits per heavy atom. The normalized spacial score (nSPS) is 9.71. The SMILES string of the molecule is Nc1ncc(Oc2ccccc2)cn1. The number of ether oxygens (including phenoxy) is 1. The molecule has 0 radical (unpaired) electrons. The van der Waals surface area contributed by atoms with Crippen molar-refractivity contribution in [2.75, 3.05) is 5.73 Å². The van der Waals surface area contributed by atoms with E-state index in [0.29, 0.717) is 5.75 Å². The third kappa shape index (κ3) is 1.98. The average Bonchev–Trinajstić information content (AvgIpc) is 2.23. The molecule has 0 bridgehead atoms. The van der Waals surface area contributed by atoms with Gasteiger partial charge >= 0.3 is 0 Å². The van der Waals surface area contributed by atoms with Crippen LogP contribution in [-0.4, -0.2) is 9.97 Å². The highest BCUT2D eigenvalue weighted by atomic mass is 16.5. The van der Waals surface area contributed by atoms with Gasteiger partial charge in [0.05, 0.1) is 12.4 Å². The van der Waals surface area contributed by atoms with Gasteiger partial charge in [0.25, 0.3) is 0 Å². The summed E-state index contributed by atoms with van der Waals surface area (Å²) in [5, 5.41) is 0. The van der Waals surface area contributed by atoms with Gasteiger partial charge in [0.1, 0.15) is 5.75 Å². The van der Waals surface area contributed by atoms with Crippen LogP contribution < -0.4 is 10.5 Å². The number of anilines is 1. The van der Waals surface area contributed by atoms with Gasteiger partial charge < -0.3 is 10.5 Å². The van der Waals surface area contributed by atoms with E-state index in [9.17, 15) is 0 Å². The zero-order valence-electron chi connectivity index (χ0n) is 7.42. The second-order valence-corrected chi connectivity index (χ2v) is 2.69. The lowest BCUT2D eigenvalue weighted by Gasteiger charge is -2.03. The lowest BCUT2D eigenvalue weighted by molar-refractivity contribution is 0.478. The Bertz CT molecular complexity index is 399. The topological polar surface area (TPSA) is 61.0 Å². The largest absolute Gasteiger partial charge is 0.454 e. The summed E-state index contributed by atoms with van der Waals surface area (Å²) in [4.78, 5) is 7.63. The predicted molar refractivity (Wildman–Crippen MR) is 53.0 cm³/mol. The highest BCUT2D eigenvalue weighted by molar-refractivity contribution is 5.29. The molecule has 0 saturated heterocycles. The summed E-state index contributed by atoms with van der Waals surface area (Å²) >= 11 is 0. The zero-order valence-corrected chi connectivity index (χ0v) is 7.42. The number of benzene rings is 1. The maximum atomic E-state index is 5.45. The van der Waals surface area contributed by atoms with E-state index in [4.69, 9.17) is 10.5 Å². The molecule has 0 fully saturated rings. The van der Waals surface area contributed by atoms with Crippen molar-refractivity contribution in [3.05, 3.63) is 42.7 Å². The first-order valence-corrected chi connectivity index (χ1v) is 4.15. The van der Waals surface area contributed by atoms with Gasteiger partial charge in [0.15, 0.2) is 5.75 Å². The van der Waals surface area contributed by atoms with Crippen LogP contribution in [0.2, 0.25) is 0 Å². The zero-order chi connectivity index (χ0) is 9.80. The Balaban J connectivity index is 2.16. The van der Waals surface area contributed by atoms with Crippen molar-refractivity contribution >= 4 is 5.95 Å². The predicted octanol–water partition coefficient (Wildman–Crippen LogP) is 1.85. The minimum absolute atomic E-state index is 0.241. The number of hydrogen-bond acceptors (Lipinski definition) is 4. The highest BCUT2D eigenvalue weighted by Crippen LogP contribution is 2.18. The molecular formula is C10H9N3O. The molecular weight excluding hydrogens is 178 g/mol. The standard InChI is InChI=1S/C10H9N3O/c11-10-12-6-9(7-13-10)14-8-4-2-1-3-5-8/h1-7H,(H2,11,12,13). The van der Waals surface area contributed by atoms with E-state index in [-0.39, 0.29) is 5.95 Å². The van der Waals surface area contributed by atoms with Crippen LogP contribution in [-0.2, 0) is 0 Å². The number of nitrogen functional groups attached to an aromatic ring is 1. The molecule has 0 aliphatic heterocycles. The molecule has 4 nitrogen and oxygen atoms in total. The van der Waals surface area contributed by atoms with E-state index in [0.717, 1.165) is 5.75 Å². The minimum Gasteiger partial charge on any atom is -0.454 e.